The molecule has 0 aliphatic carbocycles. The lowest BCUT2D eigenvalue weighted by atomic mass is 10.0. The first-order valence-electron chi connectivity index (χ1n) is 25.2. The van der Waals surface area contributed by atoms with E-state index in [2.05, 4.69) is 26.0 Å². The first kappa shape index (κ1) is 57.8. The van der Waals surface area contributed by atoms with Crippen LogP contribution in [0.2, 0.25) is 0 Å². The van der Waals surface area contributed by atoms with Gasteiger partial charge in [-0.1, -0.05) is 219 Å². The fraction of sp³-hybridized carbons (Fsp3) is 0.918. The second-order valence-electron chi connectivity index (χ2n) is 17.0. The molecule has 0 spiro atoms. The van der Waals surface area contributed by atoms with Crippen LogP contribution >= 0.6 is 7.82 Å². The Kier molecular flexibility index (Phi) is 45.3. The SMILES string of the molecule is CCCCCCCCC=CCCCCCCCCCC(=O)OC[C@H](COP(=O)(O)OCCN)OC(=O)CCCCCCCCCCCCCCCCCCCCCCC. The van der Waals surface area contributed by atoms with Crippen molar-refractivity contribution in [3.05, 3.63) is 12.2 Å². The van der Waals surface area contributed by atoms with Gasteiger partial charge < -0.3 is 20.1 Å². The molecule has 2 atom stereocenters. The molecular formula is C49H96NO8P. The molecule has 9 nitrogen and oxygen atoms in total. The van der Waals surface area contributed by atoms with Crippen LogP contribution in [0, 0.1) is 0 Å². The summed E-state index contributed by atoms with van der Waals surface area (Å²) < 4.78 is 32.9. The maximum Gasteiger partial charge on any atom is 0.472 e. The molecule has 0 heterocycles. The zero-order valence-corrected chi connectivity index (χ0v) is 39.7. The van der Waals surface area contributed by atoms with Crippen LogP contribution in [0.3, 0.4) is 0 Å². The lowest BCUT2D eigenvalue weighted by Gasteiger charge is -2.19. The number of ether oxygens (including phenoxy) is 2. The van der Waals surface area contributed by atoms with E-state index in [1.54, 1.807) is 0 Å². The van der Waals surface area contributed by atoms with Crippen LogP contribution in [0.15, 0.2) is 12.2 Å². The summed E-state index contributed by atoms with van der Waals surface area (Å²) in [5.74, 6) is -0.818. The number of rotatable bonds is 48. The van der Waals surface area contributed by atoms with E-state index in [-0.39, 0.29) is 38.6 Å². The average molecular weight is 858 g/mol. The van der Waals surface area contributed by atoms with Crippen molar-refractivity contribution in [2.24, 2.45) is 5.73 Å². The second-order valence-corrected chi connectivity index (χ2v) is 18.5. The number of carbonyl (C=O) groups is 2. The van der Waals surface area contributed by atoms with Gasteiger partial charge in [0.25, 0.3) is 0 Å². The standard InChI is InChI=1S/C49H96NO8P/c1-3-5-7-9-11-13-15-17-19-21-22-23-24-26-28-30-32-34-36-38-40-42-49(52)58-47(46-57-59(53,54)56-44-43-50)45-55-48(51)41-39-37-35-33-31-29-27-25-20-18-16-14-12-10-8-6-4-2/h18,20,47H,3-17,19,21-46,50H2,1-2H3,(H,53,54)/t47-/m1/s1. The van der Waals surface area contributed by atoms with Gasteiger partial charge in [0.15, 0.2) is 6.10 Å². The summed E-state index contributed by atoms with van der Waals surface area (Å²) in [7, 11) is -4.38. The van der Waals surface area contributed by atoms with Crippen LogP contribution < -0.4 is 5.73 Å². The molecule has 0 bridgehead atoms. The van der Waals surface area contributed by atoms with Crippen molar-refractivity contribution in [2.75, 3.05) is 26.4 Å². The predicted molar refractivity (Wildman–Crippen MR) is 248 cm³/mol. The first-order valence-corrected chi connectivity index (χ1v) is 26.7. The van der Waals surface area contributed by atoms with Gasteiger partial charge in [0.05, 0.1) is 13.2 Å². The molecular weight excluding hydrogens is 762 g/mol. The van der Waals surface area contributed by atoms with Gasteiger partial charge in [-0.3, -0.25) is 18.6 Å². The molecule has 3 N–H and O–H groups in total. The molecule has 0 aromatic heterocycles. The maximum absolute atomic E-state index is 12.6. The van der Waals surface area contributed by atoms with Crippen LogP contribution in [-0.2, 0) is 32.7 Å². The second kappa shape index (κ2) is 46.3. The molecule has 59 heavy (non-hydrogen) atoms. The van der Waals surface area contributed by atoms with E-state index in [1.165, 1.54) is 193 Å². The highest BCUT2D eigenvalue weighted by Gasteiger charge is 2.26. The molecule has 0 aromatic carbocycles. The van der Waals surface area contributed by atoms with Crippen LogP contribution in [0.25, 0.3) is 0 Å². The Hall–Kier alpha value is -1.25. The van der Waals surface area contributed by atoms with Crippen molar-refractivity contribution in [1.82, 2.24) is 0 Å². The van der Waals surface area contributed by atoms with Crippen LogP contribution in [0.5, 0.6) is 0 Å². The third-order valence-electron chi connectivity index (χ3n) is 11.2. The van der Waals surface area contributed by atoms with Gasteiger partial charge in [0.1, 0.15) is 6.61 Å². The summed E-state index contributed by atoms with van der Waals surface area (Å²) in [4.78, 5) is 35.0. The van der Waals surface area contributed by atoms with Gasteiger partial charge in [-0.25, -0.2) is 4.57 Å². The molecule has 0 aliphatic rings. The van der Waals surface area contributed by atoms with Gasteiger partial charge in [0.2, 0.25) is 0 Å². The number of phosphoric ester groups is 1. The van der Waals surface area contributed by atoms with Gasteiger partial charge in [-0.2, -0.15) is 0 Å². The van der Waals surface area contributed by atoms with Crippen LogP contribution in [0.1, 0.15) is 258 Å². The maximum atomic E-state index is 12.6. The molecule has 350 valence electrons. The minimum atomic E-state index is -4.38. The van der Waals surface area contributed by atoms with Crippen molar-refractivity contribution < 1.29 is 37.6 Å². The number of esters is 2. The Labute approximate surface area is 364 Å². The molecule has 10 heteroatoms. The molecule has 0 radical (unpaired) electrons. The smallest absolute Gasteiger partial charge is 0.462 e. The summed E-state index contributed by atoms with van der Waals surface area (Å²) in [6.45, 7) is 3.78. The van der Waals surface area contributed by atoms with Crippen molar-refractivity contribution in [2.45, 2.75) is 264 Å². The van der Waals surface area contributed by atoms with Crippen LogP contribution in [-0.4, -0.2) is 49.3 Å². The Bertz CT molecular complexity index is 980. The van der Waals surface area contributed by atoms with E-state index in [0.717, 1.165) is 32.1 Å². The molecule has 0 rings (SSSR count). The van der Waals surface area contributed by atoms with Gasteiger partial charge in [-0.15, -0.1) is 0 Å². The molecule has 1 unspecified atom stereocenters. The summed E-state index contributed by atoms with van der Waals surface area (Å²) in [5, 5.41) is 0. The van der Waals surface area contributed by atoms with Gasteiger partial charge in [0, 0.05) is 19.4 Å². The summed E-state index contributed by atoms with van der Waals surface area (Å²) in [6.07, 6.45) is 49.6. The number of hydrogen-bond donors (Lipinski definition) is 2. The summed E-state index contributed by atoms with van der Waals surface area (Å²) in [6, 6.07) is 0. The zero-order valence-electron chi connectivity index (χ0n) is 38.8. The van der Waals surface area contributed by atoms with E-state index < -0.39 is 26.5 Å². The third-order valence-corrected chi connectivity index (χ3v) is 12.1. The number of unbranched alkanes of at least 4 members (excludes halogenated alkanes) is 33. The minimum absolute atomic E-state index is 0.0560. The Morgan fingerprint density at radius 2 is 0.831 bits per heavy atom. The highest BCUT2D eigenvalue weighted by molar-refractivity contribution is 7.47. The molecule has 0 amide bonds. The number of phosphoric acid groups is 1. The molecule has 0 saturated carbocycles. The third kappa shape index (κ3) is 46.1. The fourth-order valence-corrected chi connectivity index (χ4v) is 8.16. The largest absolute Gasteiger partial charge is 0.472 e. The fourth-order valence-electron chi connectivity index (χ4n) is 7.40. The normalized spacial score (nSPS) is 13.2. The highest BCUT2D eigenvalue weighted by Crippen LogP contribution is 2.43. The Balaban J connectivity index is 4.02. The van der Waals surface area contributed by atoms with Gasteiger partial charge >= 0.3 is 19.8 Å². The summed E-state index contributed by atoms with van der Waals surface area (Å²) in [5.41, 5.74) is 5.36. The van der Waals surface area contributed by atoms with Crippen LogP contribution in [0.4, 0.5) is 0 Å². The van der Waals surface area contributed by atoms with Crippen molar-refractivity contribution in [3.8, 4) is 0 Å². The predicted octanol–water partition coefficient (Wildman–Crippen LogP) is 15.0. The quantitative estimate of drug-likeness (QED) is 0.0265. The van der Waals surface area contributed by atoms with Crippen molar-refractivity contribution in [3.63, 3.8) is 0 Å². The average Bonchev–Trinajstić information content (AvgIpc) is 3.22. The van der Waals surface area contributed by atoms with E-state index in [4.69, 9.17) is 24.3 Å². The number of carbonyl (C=O) groups excluding carboxylic acids is 2. The minimum Gasteiger partial charge on any atom is -0.462 e. The highest BCUT2D eigenvalue weighted by atomic mass is 31.2. The lowest BCUT2D eigenvalue weighted by molar-refractivity contribution is -0.161. The van der Waals surface area contributed by atoms with Gasteiger partial charge in [-0.05, 0) is 38.5 Å². The molecule has 0 aromatic rings. The topological polar surface area (TPSA) is 134 Å². The van der Waals surface area contributed by atoms with E-state index in [9.17, 15) is 19.0 Å². The molecule has 0 fully saturated rings. The van der Waals surface area contributed by atoms with E-state index in [0.29, 0.717) is 6.42 Å². The number of nitrogens with two attached hydrogens (primary N) is 1. The number of hydrogen-bond acceptors (Lipinski definition) is 8. The molecule has 0 aliphatic heterocycles. The molecule has 0 saturated heterocycles. The monoisotopic (exact) mass is 858 g/mol. The van der Waals surface area contributed by atoms with Crippen molar-refractivity contribution >= 4 is 19.8 Å². The Morgan fingerprint density at radius 1 is 0.492 bits per heavy atom. The number of allylic oxidation sites excluding steroid dienone is 2. The van der Waals surface area contributed by atoms with E-state index in [1.807, 2.05) is 0 Å². The summed E-state index contributed by atoms with van der Waals surface area (Å²) >= 11 is 0. The first-order chi connectivity index (χ1) is 28.8. The van der Waals surface area contributed by atoms with E-state index >= 15 is 0 Å². The lowest BCUT2D eigenvalue weighted by Crippen LogP contribution is -2.29. The van der Waals surface area contributed by atoms with Crippen molar-refractivity contribution in [1.29, 1.82) is 0 Å². The zero-order chi connectivity index (χ0) is 43.2. The Morgan fingerprint density at radius 3 is 1.20 bits per heavy atom.